The molecule has 0 saturated carbocycles. The van der Waals surface area contributed by atoms with Crippen LogP contribution in [0.4, 0.5) is 16.2 Å². The van der Waals surface area contributed by atoms with Crippen molar-refractivity contribution in [3.05, 3.63) is 36.9 Å². The lowest BCUT2D eigenvalue weighted by atomic mass is 10.2. The number of carbonyl (C=O) groups excluding carboxylic acids is 2. The third kappa shape index (κ3) is 5.13. The van der Waals surface area contributed by atoms with Gasteiger partial charge in [0.05, 0.1) is 6.54 Å². The Kier molecular flexibility index (Phi) is 5.40. The minimum absolute atomic E-state index is 0.173. The van der Waals surface area contributed by atoms with Gasteiger partial charge in [0.15, 0.2) is 0 Å². The van der Waals surface area contributed by atoms with Crippen molar-refractivity contribution in [1.82, 2.24) is 5.32 Å². The Bertz CT molecular complexity index is 445. The van der Waals surface area contributed by atoms with Crippen molar-refractivity contribution in [2.24, 2.45) is 5.73 Å². The van der Waals surface area contributed by atoms with Crippen LogP contribution in [0.2, 0.25) is 0 Å². The van der Waals surface area contributed by atoms with Crippen molar-refractivity contribution in [2.45, 2.75) is 0 Å². The van der Waals surface area contributed by atoms with E-state index in [2.05, 4.69) is 22.5 Å². The van der Waals surface area contributed by atoms with E-state index in [-0.39, 0.29) is 12.5 Å². The summed E-state index contributed by atoms with van der Waals surface area (Å²) in [6, 6.07) is 6.08. The molecule has 18 heavy (non-hydrogen) atoms. The maximum Gasteiger partial charge on any atom is 0.316 e. The van der Waals surface area contributed by atoms with Crippen molar-refractivity contribution in [1.29, 1.82) is 0 Å². The molecule has 0 fully saturated rings. The number of hydrogen-bond acceptors (Lipinski definition) is 3. The van der Waals surface area contributed by atoms with E-state index in [1.165, 1.54) is 0 Å². The normalized spacial score (nSPS) is 9.56. The van der Waals surface area contributed by atoms with Crippen LogP contribution in [0.5, 0.6) is 0 Å². The molecule has 0 spiro atoms. The predicted molar refractivity (Wildman–Crippen MR) is 71.3 cm³/mol. The fraction of sp³-hybridized carbons (Fsp3) is 0.167. The molecule has 6 heteroatoms. The number of anilines is 2. The van der Waals surface area contributed by atoms with Crippen LogP contribution in [0, 0.1) is 0 Å². The molecule has 0 aliphatic carbocycles. The number of nitrogens with two attached hydrogens (primary N) is 1. The molecule has 1 aromatic rings. The van der Waals surface area contributed by atoms with Gasteiger partial charge < -0.3 is 21.7 Å². The SMILES string of the molecule is C=CCNCC(=O)Nc1cccc(NC(N)=O)c1. The van der Waals surface area contributed by atoms with Gasteiger partial charge in [-0.15, -0.1) is 6.58 Å². The smallest absolute Gasteiger partial charge is 0.316 e. The summed E-state index contributed by atoms with van der Waals surface area (Å²) in [5.41, 5.74) is 6.12. The van der Waals surface area contributed by atoms with E-state index in [0.717, 1.165) is 0 Å². The molecule has 0 aliphatic rings. The molecule has 0 unspecified atom stereocenters. The first-order valence-corrected chi connectivity index (χ1v) is 5.40. The number of carbonyl (C=O) groups is 2. The zero-order chi connectivity index (χ0) is 13.4. The lowest BCUT2D eigenvalue weighted by molar-refractivity contribution is -0.115. The molecule has 1 rings (SSSR count). The van der Waals surface area contributed by atoms with Crippen molar-refractivity contribution >= 4 is 23.3 Å². The highest BCUT2D eigenvalue weighted by Gasteiger charge is 2.02. The molecule has 5 N–H and O–H groups in total. The van der Waals surface area contributed by atoms with E-state index in [0.29, 0.717) is 17.9 Å². The van der Waals surface area contributed by atoms with E-state index in [9.17, 15) is 9.59 Å². The Labute approximate surface area is 105 Å². The van der Waals surface area contributed by atoms with Gasteiger partial charge in [0.1, 0.15) is 0 Å². The standard InChI is InChI=1S/C12H16N4O2/c1-2-6-14-8-11(17)15-9-4-3-5-10(7-9)16-12(13)18/h2-5,7,14H,1,6,8H2,(H,15,17)(H3,13,16,18). The molecule has 0 saturated heterocycles. The molecule has 0 radical (unpaired) electrons. The van der Waals surface area contributed by atoms with Crippen LogP contribution in [-0.4, -0.2) is 25.0 Å². The van der Waals surface area contributed by atoms with Gasteiger partial charge in [-0.2, -0.15) is 0 Å². The lowest BCUT2D eigenvalue weighted by Gasteiger charge is -2.07. The van der Waals surface area contributed by atoms with Gasteiger partial charge in [0.2, 0.25) is 5.91 Å². The molecule has 96 valence electrons. The van der Waals surface area contributed by atoms with Crippen LogP contribution in [-0.2, 0) is 4.79 Å². The molecular weight excluding hydrogens is 232 g/mol. The maximum absolute atomic E-state index is 11.5. The average molecular weight is 248 g/mol. The third-order valence-electron chi connectivity index (χ3n) is 1.99. The van der Waals surface area contributed by atoms with E-state index < -0.39 is 6.03 Å². The summed E-state index contributed by atoms with van der Waals surface area (Å²) >= 11 is 0. The van der Waals surface area contributed by atoms with E-state index in [4.69, 9.17) is 5.73 Å². The van der Waals surface area contributed by atoms with Gasteiger partial charge in [0.25, 0.3) is 0 Å². The average Bonchev–Trinajstić information content (AvgIpc) is 2.28. The number of nitrogens with one attached hydrogen (secondary N) is 3. The Morgan fingerprint density at radius 3 is 2.56 bits per heavy atom. The molecule has 1 aromatic carbocycles. The van der Waals surface area contributed by atoms with Crippen LogP contribution in [0.25, 0.3) is 0 Å². The van der Waals surface area contributed by atoms with Crippen LogP contribution >= 0.6 is 0 Å². The molecule has 0 bridgehead atoms. The second-order valence-electron chi connectivity index (χ2n) is 3.54. The molecular formula is C12H16N4O2. The summed E-state index contributed by atoms with van der Waals surface area (Å²) in [6.07, 6.45) is 1.67. The Morgan fingerprint density at radius 2 is 1.94 bits per heavy atom. The van der Waals surface area contributed by atoms with Gasteiger partial charge in [-0.25, -0.2) is 4.79 Å². The highest BCUT2D eigenvalue weighted by atomic mass is 16.2. The second kappa shape index (κ2) is 7.08. The van der Waals surface area contributed by atoms with E-state index in [1.807, 2.05) is 0 Å². The highest BCUT2D eigenvalue weighted by molar-refractivity contribution is 5.94. The molecule has 0 heterocycles. The van der Waals surface area contributed by atoms with Gasteiger partial charge in [-0.1, -0.05) is 12.1 Å². The van der Waals surface area contributed by atoms with Gasteiger partial charge >= 0.3 is 6.03 Å². The zero-order valence-corrected chi connectivity index (χ0v) is 9.90. The summed E-state index contributed by atoms with van der Waals surface area (Å²) < 4.78 is 0. The summed E-state index contributed by atoms with van der Waals surface area (Å²) in [5, 5.41) is 8.00. The highest BCUT2D eigenvalue weighted by Crippen LogP contribution is 2.14. The molecule has 6 nitrogen and oxygen atoms in total. The number of primary amides is 1. The first kappa shape index (κ1) is 13.7. The first-order valence-electron chi connectivity index (χ1n) is 5.40. The fourth-order valence-electron chi connectivity index (χ4n) is 1.31. The third-order valence-corrected chi connectivity index (χ3v) is 1.99. The molecule has 0 atom stereocenters. The van der Waals surface area contributed by atoms with Crippen LogP contribution < -0.4 is 21.7 Å². The molecule has 3 amide bonds. The van der Waals surface area contributed by atoms with Crippen molar-refractivity contribution in [2.75, 3.05) is 23.7 Å². The lowest BCUT2D eigenvalue weighted by Crippen LogP contribution is -2.28. The first-order chi connectivity index (χ1) is 8.61. The number of rotatable bonds is 6. The van der Waals surface area contributed by atoms with Crippen molar-refractivity contribution in [3.8, 4) is 0 Å². The number of amides is 3. The zero-order valence-electron chi connectivity index (χ0n) is 9.90. The van der Waals surface area contributed by atoms with Gasteiger partial charge in [0, 0.05) is 17.9 Å². The minimum atomic E-state index is -0.647. The Hall–Kier alpha value is -2.34. The quantitative estimate of drug-likeness (QED) is 0.444. The van der Waals surface area contributed by atoms with Gasteiger partial charge in [-0.05, 0) is 18.2 Å². The van der Waals surface area contributed by atoms with E-state index >= 15 is 0 Å². The van der Waals surface area contributed by atoms with E-state index in [1.54, 1.807) is 30.3 Å². The minimum Gasteiger partial charge on any atom is -0.351 e. The van der Waals surface area contributed by atoms with Crippen molar-refractivity contribution in [3.63, 3.8) is 0 Å². The van der Waals surface area contributed by atoms with Gasteiger partial charge in [-0.3, -0.25) is 4.79 Å². The fourth-order valence-corrected chi connectivity index (χ4v) is 1.31. The van der Waals surface area contributed by atoms with Crippen molar-refractivity contribution < 1.29 is 9.59 Å². The molecule has 0 aromatic heterocycles. The van der Waals surface area contributed by atoms with Crippen LogP contribution in [0.3, 0.4) is 0 Å². The summed E-state index contributed by atoms with van der Waals surface area (Å²) in [5.74, 6) is -0.173. The number of urea groups is 1. The topological polar surface area (TPSA) is 96.2 Å². The second-order valence-corrected chi connectivity index (χ2v) is 3.54. The largest absolute Gasteiger partial charge is 0.351 e. The van der Waals surface area contributed by atoms with Crippen LogP contribution in [0.15, 0.2) is 36.9 Å². The number of hydrogen-bond donors (Lipinski definition) is 4. The predicted octanol–water partition coefficient (Wildman–Crippen LogP) is 0.891. The number of benzene rings is 1. The Morgan fingerprint density at radius 1 is 1.28 bits per heavy atom. The molecule has 0 aliphatic heterocycles. The summed E-state index contributed by atoms with van der Waals surface area (Å²) in [6.45, 7) is 4.29. The Balaban J connectivity index is 2.53. The summed E-state index contributed by atoms with van der Waals surface area (Å²) in [7, 11) is 0. The summed E-state index contributed by atoms with van der Waals surface area (Å²) in [4.78, 5) is 22.2. The maximum atomic E-state index is 11.5. The monoisotopic (exact) mass is 248 g/mol. The van der Waals surface area contributed by atoms with Crippen LogP contribution in [0.1, 0.15) is 0 Å².